The molecule has 2 aromatic rings. The Morgan fingerprint density at radius 1 is 1.38 bits per heavy atom. The number of nitrogens with zero attached hydrogens (tertiary/aromatic N) is 4. The number of nitrogens with one attached hydrogen (secondary N) is 1. The summed E-state index contributed by atoms with van der Waals surface area (Å²) in [7, 11) is 0. The van der Waals surface area contributed by atoms with Gasteiger partial charge in [0.15, 0.2) is 5.82 Å². The fraction of sp³-hybridized carbons (Fsp3) is 0.364. The zero-order chi connectivity index (χ0) is 11.0. The summed E-state index contributed by atoms with van der Waals surface area (Å²) in [6.45, 7) is 4.71. The Morgan fingerprint density at radius 3 is 3.19 bits per heavy atom. The minimum absolute atomic E-state index is 0.791. The zero-order valence-electron chi connectivity index (χ0n) is 9.14. The number of rotatable bonds is 1. The summed E-state index contributed by atoms with van der Waals surface area (Å²) >= 11 is 0. The molecule has 3 rings (SSSR count). The topological polar surface area (TPSA) is 55.6 Å². The van der Waals surface area contributed by atoms with E-state index in [2.05, 4.69) is 25.1 Å². The molecule has 0 saturated heterocycles. The molecule has 0 bridgehead atoms. The van der Waals surface area contributed by atoms with Crippen molar-refractivity contribution >= 4 is 0 Å². The second kappa shape index (κ2) is 3.68. The average molecular weight is 215 g/mol. The van der Waals surface area contributed by atoms with Gasteiger partial charge in [-0.15, -0.1) is 10.2 Å². The molecule has 5 heteroatoms. The molecule has 1 aliphatic heterocycles. The van der Waals surface area contributed by atoms with Crippen LogP contribution in [0.2, 0.25) is 0 Å². The van der Waals surface area contributed by atoms with E-state index in [1.807, 2.05) is 19.1 Å². The van der Waals surface area contributed by atoms with Gasteiger partial charge in [0.05, 0.1) is 6.54 Å². The lowest BCUT2D eigenvalue weighted by Crippen LogP contribution is -2.28. The second-order valence-corrected chi connectivity index (χ2v) is 3.94. The summed E-state index contributed by atoms with van der Waals surface area (Å²) in [6, 6.07) is 3.99. The summed E-state index contributed by atoms with van der Waals surface area (Å²) in [5.74, 6) is 1.88. The summed E-state index contributed by atoms with van der Waals surface area (Å²) < 4.78 is 2.14. The molecule has 0 unspecified atom stereocenters. The van der Waals surface area contributed by atoms with Crippen molar-refractivity contribution in [2.75, 3.05) is 6.54 Å². The van der Waals surface area contributed by atoms with E-state index in [1.165, 1.54) is 0 Å². The molecule has 82 valence electrons. The number of hydrogen-bond donors (Lipinski definition) is 1. The van der Waals surface area contributed by atoms with Crippen LogP contribution in [0.5, 0.6) is 0 Å². The van der Waals surface area contributed by atoms with Gasteiger partial charge in [0, 0.05) is 19.3 Å². The Balaban J connectivity index is 2.13. The van der Waals surface area contributed by atoms with Crippen LogP contribution in [0.1, 0.15) is 11.4 Å². The highest BCUT2D eigenvalue weighted by Gasteiger charge is 2.18. The SMILES string of the molecule is Cc1cccnc1-c1nnc2n1CCNC2. The molecular formula is C11H13N5. The molecule has 0 saturated carbocycles. The van der Waals surface area contributed by atoms with E-state index in [9.17, 15) is 0 Å². The van der Waals surface area contributed by atoms with Gasteiger partial charge < -0.3 is 9.88 Å². The van der Waals surface area contributed by atoms with Gasteiger partial charge in [-0.2, -0.15) is 0 Å². The minimum Gasteiger partial charge on any atom is -0.308 e. The van der Waals surface area contributed by atoms with Gasteiger partial charge in [-0.25, -0.2) is 0 Å². The lowest BCUT2D eigenvalue weighted by atomic mass is 10.2. The van der Waals surface area contributed by atoms with Gasteiger partial charge in [-0.3, -0.25) is 4.98 Å². The molecule has 0 spiro atoms. The van der Waals surface area contributed by atoms with E-state index in [-0.39, 0.29) is 0 Å². The summed E-state index contributed by atoms with van der Waals surface area (Å²) in [5.41, 5.74) is 2.07. The van der Waals surface area contributed by atoms with Gasteiger partial charge in [-0.1, -0.05) is 6.07 Å². The number of pyridine rings is 1. The molecule has 16 heavy (non-hydrogen) atoms. The molecule has 1 N–H and O–H groups in total. The largest absolute Gasteiger partial charge is 0.308 e. The molecule has 3 heterocycles. The summed E-state index contributed by atoms with van der Waals surface area (Å²) in [4.78, 5) is 4.39. The third-order valence-corrected chi connectivity index (χ3v) is 2.84. The Hall–Kier alpha value is -1.75. The first-order valence-corrected chi connectivity index (χ1v) is 5.41. The van der Waals surface area contributed by atoms with Crippen LogP contribution in [-0.2, 0) is 13.1 Å². The highest BCUT2D eigenvalue weighted by Crippen LogP contribution is 2.20. The van der Waals surface area contributed by atoms with Crippen LogP contribution in [0, 0.1) is 6.92 Å². The van der Waals surface area contributed by atoms with Crippen molar-refractivity contribution in [1.82, 2.24) is 25.1 Å². The molecule has 1 aliphatic rings. The minimum atomic E-state index is 0.791. The lowest BCUT2D eigenvalue weighted by Gasteiger charge is -2.16. The first kappa shape index (κ1) is 9.47. The second-order valence-electron chi connectivity index (χ2n) is 3.94. The lowest BCUT2D eigenvalue weighted by molar-refractivity contribution is 0.508. The average Bonchev–Trinajstić information content (AvgIpc) is 2.74. The van der Waals surface area contributed by atoms with Crippen molar-refractivity contribution in [1.29, 1.82) is 0 Å². The van der Waals surface area contributed by atoms with Crippen LogP contribution in [0.15, 0.2) is 18.3 Å². The zero-order valence-corrected chi connectivity index (χ0v) is 9.14. The molecular weight excluding hydrogens is 202 g/mol. The van der Waals surface area contributed by atoms with Crippen LogP contribution < -0.4 is 5.32 Å². The van der Waals surface area contributed by atoms with E-state index in [1.54, 1.807) is 6.20 Å². The van der Waals surface area contributed by atoms with Crippen LogP contribution >= 0.6 is 0 Å². The molecule has 0 radical (unpaired) electrons. The van der Waals surface area contributed by atoms with Crippen molar-refractivity contribution in [2.45, 2.75) is 20.0 Å². The van der Waals surface area contributed by atoms with E-state index in [0.717, 1.165) is 42.5 Å². The molecule has 5 nitrogen and oxygen atoms in total. The van der Waals surface area contributed by atoms with Gasteiger partial charge in [0.25, 0.3) is 0 Å². The van der Waals surface area contributed by atoms with Crippen molar-refractivity contribution in [3.05, 3.63) is 29.7 Å². The molecule has 0 atom stereocenters. The van der Waals surface area contributed by atoms with E-state index < -0.39 is 0 Å². The van der Waals surface area contributed by atoms with Crippen molar-refractivity contribution in [3.63, 3.8) is 0 Å². The maximum atomic E-state index is 4.39. The first-order valence-electron chi connectivity index (χ1n) is 5.41. The Kier molecular flexibility index (Phi) is 2.18. The Bertz CT molecular complexity index is 517. The maximum Gasteiger partial charge on any atom is 0.182 e. The number of fused-ring (bicyclic) bond motifs is 1. The summed E-state index contributed by atoms with van der Waals surface area (Å²) in [6.07, 6.45) is 1.80. The number of aryl methyl sites for hydroxylation is 1. The standard InChI is InChI=1S/C11H13N5/c1-8-3-2-4-13-10(8)11-15-14-9-7-12-5-6-16(9)11/h2-4,12H,5-7H2,1H3. The van der Waals surface area contributed by atoms with Crippen LogP contribution in [0.4, 0.5) is 0 Å². The highest BCUT2D eigenvalue weighted by atomic mass is 15.3. The predicted octanol–water partition coefficient (Wildman–Crippen LogP) is 0.752. The monoisotopic (exact) mass is 215 g/mol. The Labute approximate surface area is 93.5 Å². The third kappa shape index (κ3) is 1.40. The van der Waals surface area contributed by atoms with Crippen molar-refractivity contribution < 1.29 is 0 Å². The molecule has 0 aliphatic carbocycles. The fourth-order valence-corrected chi connectivity index (χ4v) is 1.99. The molecule has 0 aromatic carbocycles. The molecule has 0 fully saturated rings. The summed E-state index contributed by atoms with van der Waals surface area (Å²) in [5, 5.41) is 11.7. The fourth-order valence-electron chi connectivity index (χ4n) is 1.99. The van der Waals surface area contributed by atoms with Gasteiger partial charge in [-0.05, 0) is 18.6 Å². The normalized spacial score (nSPS) is 14.8. The van der Waals surface area contributed by atoms with Gasteiger partial charge in [0.2, 0.25) is 0 Å². The van der Waals surface area contributed by atoms with Crippen molar-refractivity contribution in [3.8, 4) is 11.5 Å². The first-order chi connectivity index (χ1) is 7.86. The molecule has 2 aromatic heterocycles. The van der Waals surface area contributed by atoms with Gasteiger partial charge >= 0.3 is 0 Å². The third-order valence-electron chi connectivity index (χ3n) is 2.84. The number of hydrogen-bond acceptors (Lipinski definition) is 4. The van der Waals surface area contributed by atoms with E-state index in [0.29, 0.717) is 0 Å². The quantitative estimate of drug-likeness (QED) is 0.762. The predicted molar refractivity (Wildman–Crippen MR) is 59.7 cm³/mol. The van der Waals surface area contributed by atoms with Crippen LogP contribution in [-0.4, -0.2) is 26.3 Å². The Morgan fingerprint density at radius 2 is 2.31 bits per heavy atom. The number of aromatic nitrogens is 4. The highest BCUT2D eigenvalue weighted by molar-refractivity contribution is 5.54. The van der Waals surface area contributed by atoms with Crippen molar-refractivity contribution in [2.24, 2.45) is 0 Å². The smallest absolute Gasteiger partial charge is 0.182 e. The maximum absolute atomic E-state index is 4.39. The van der Waals surface area contributed by atoms with E-state index >= 15 is 0 Å². The van der Waals surface area contributed by atoms with E-state index in [4.69, 9.17) is 0 Å². The van der Waals surface area contributed by atoms with Crippen LogP contribution in [0.3, 0.4) is 0 Å². The van der Waals surface area contributed by atoms with Gasteiger partial charge in [0.1, 0.15) is 11.5 Å². The van der Waals surface area contributed by atoms with Crippen LogP contribution in [0.25, 0.3) is 11.5 Å². The molecule has 0 amide bonds.